The number of imidazole rings is 1. The maximum atomic E-state index is 14.9. The van der Waals surface area contributed by atoms with Gasteiger partial charge in [0.05, 0.1) is 58.1 Å². The fraction of sp³-hybridized carbons (Fsp3) is 0.476. The number of rotatable bonds is 20. The van der Waals surface area contributed by atoms with Crippen molar-refractivity contribution in [2.45, 2.75) is 61.9 Å². The van der Waals surface area contributed by atoms with Crippen LogP contribution in [0, 0.1) is 0 Å². The molecule has 25 nitrogen and oxygen atoms in total. The second kappa shape index (κ2) is 24.0. The Hall–Kier alpha value is -4.89. The van der Waals surface area contributed by atoms with E-state index in [1.165, 1.54) is 18.9 Å². The molecule has 6 heterocycles. The SMILES string of the molecule is Nc1ncnc2c1ncn2[C@H]1C[C@@H]2OP(=O)(O)OC[C@H]3O[C@@H](n4ccc(=O)[nH]c4=O)C[C@@H]3OP(=O)(SCc3ccc(OC(=O)c4ccc(OCCOCCOCCOCCCO)cc4)cc3)OC[C@H]2O1. The number of aromatic nitrogens is 6. The van der Waals surface area contributed by atoms with E-state index < -0.39 is 81.9 Å². The summed E-state index contributed by atoms with van der Waals surface area (Å²) in [6.07, 6.45) is -2.11. The quantitative estimate of drug-likeness (QED) is 0.0375. The molecule has 3 aliphatic rings. The highest BCUT2D eigenvalue weighted by molar-refractivity contribution is 8.54. The van der Waals surface area contributed by atoms with Crippen LogP contribution in [0.4, 0.5) is 5.82 Å². The molecule has 5 N–H and O–H groups in total. The smallest absolute Gasteiger partial charge is 0.472 e. The van der Waals surface area contributed by atoms with E-state index in [0.717, 1.165) is 22.0 Å². The Bertz CT molecular complexity index is 2750. The minimum atomic E-state index is -4.84. The Balaban J connectivity index is 0.887. The normalized spacial score (nSPS) is 26.0. The van der Waals surface area contributed by atoms with Crippen molar-refractivity contribution in [2.75, 3.05) is 71.8 Å². The first-order chi connectivity index (χ1) is 33.8. The number of benzene rings is 2. The van der Waals surface area contributed by atoms with Crippen LogP contribution in [0.2, 0.25) is 0 Å². The Morgan fingerprint density at radius 3 is 2.13 bits per heavy atom. The first-order valence-electron chi connectivity index (χ1n) is 22.0. The number of nitrogens with two attached hydrogens (primary N) is 1. The number of aliphatic hydroxyl groups excluding tert-OH is 1. The summed E-state index contributed by atoms with van der Waals surface area (Å²) in [6.45, 7) is -2.41. The summed E-state index contributed by atoms with van der Waals surface area (Å²) in [5, 5.41) is 8.75. The van der Waals surface area contributed by atoms with Gasteiger partial charge >= 0.3 is 26.3 Å². The van der Waals surface area contributed by atoms with Crippen molar-refractivity contribution >= 4 is 49.0 Å². The van der Waals surface area contributed by atoms with Gasteiger partial charge in [-0.2, -0.15) is 0 Å². The first-order valence-corrected chi connectivity index (χ1v) is 26.6. The standard InChI is InChI=1S/C42H51N7O18P2S/c43-39-38-40(45-25-44-39)49(26-46-38)37-20-31-34(65-37)23-62-69(56,67-32-21-36(48-11-10-35(51)47-42(48)53)64-33(32)22-61-68(54,55)66-31)70-24-27-2-6-30(7-3-27)63-41(52)28-4-8-29(9-5-28)60-19-18-59-17-16-58-15-14-57-13-1-12-50/h2-11,25-26,31-34,36-37,50H,1,12-24H2,(H,54,55)(H2,43,44,45)(H,47,51,53)/t31-,32-,33+,34+,36+,37+,69?/m0/s1. The van der Waals surface area contributed by atoms with Crippen LogP contribution < -0.4 is 26.5 Å². The molecule has 8 rings (SSSR count). The first kappa shape index (κ1) is 51.5. The number of carbonyl (C=O) groups excluding carboxylic acids is 1. The molecule has 3 fully saturated rings. The Morgan fingerprint density at radius 2 is 1.43 bits per heavy atom. The Morgan fingerprint density at radius 1 is 0.786 bits per heavy atom. The maximum Gasteiger partial charge on any atom is 0.472 e. The number of aliphatic hydroxyl groups is 1. The molecule has 2 aromatic carbocycles. The fourth-order valence-corrected chi connectivity index (χ4v) is 11.8. The van der Waals surface area contributed by atoms with Gasteiger partial charge in [0.2, 0.25) is 0 Å². The third-order valence-corrected chi connectivity index (χ3v) is 15.5. The summed E-state index contributed by atoms with van der Waals surface area (Å²) >= 11 is 0.832. The van der Waals surface area contributed by atoms with E-state index in [2.05, 4.69) is 19.9 Å². The molecule has 0 aliphatic carbocycles. The van der Waals surface area contributed by atoms with Crippen LogP contribution in [0.1, 0.15) is 47.6 Å². The monoisotopic (exact) mass is 1040 g/mol. The van der Waals surface area contributed by atoms with E-state index in [1.54, 1.807) is 53.1 Å². The third kappa shape index (κ3) is 13.7. The predicted molar refractivity (Wildman–Crippen MR) is 246 cm³/mol. The fourth-order valence-electron chi connectivity index (χ4n) is 7.38. The van der Waals surface area contributed by atoms with E-state index in [-0.39, 0.29) is 48.9 Å². The number of phosphoric ester groups is 1. The predicted octanol–water partition coefficient (Wildman–Crippen LogP) is 3.52. The number of fused-ring (bicyclic) bond motifs is 3. The molecular weight excluding hydrogens is 985 g/mol. The van der Waals surface area contributed by atoms with Crippen molar-refractivity contribution in [3.8, 4) is 11.5 Å². The summed E-state index contributed by atoms with van der Waals surface area (Å²) in [6, 6.07) is 14.1. The number of anilines is 1. The van der Waals surface area contributed by atoms with Crippen molar-refractivity contribution in [3.05, 3.63) is 105 Å². The lowest BCUT2D eigenvalue weighted by Gasteiger charge is -2.28. The van der Waals surface area contributed by atoms with Gasteiger partial charge in [-0.3, -0.25) is 37.0 Å². The summed E-state index contributed by atoms with van der Waals surface area (Å²) in [7, 11) is -4.84. The summed E-state index contributed by atoms with van der Waals surface area (Å²) in [5.41, 5.74) is 6.13. The van der Waals surface area contributed by atoms with Crippen LogP contribution >= 0.6 is 26.0 Å². The van der Waals surface area contributed by atoms with Crippen molar-refractivity contribution in [2.24, 2.45) is 0 Å². The van der Waals surface area contributed by atoms with Crippen LogP contribution in [-0.4, -0.2) is 136 Å². The van der Waals surface area contributed by atoms with Crippen molar-refractivity contribution < 1.29 is 75.2 Å². The summed E-state index contributed by atoms with van der Waals surface area (Å²) < 4.78 is 94.2. The van der Waals surface area contributed by atoms with Gasteiger partial charge in [0.1, 0.15) is 66.8 Å². The van der Waals surface area contributed by atoms with Crippen LogP contribution in [0.15, 0.2) is 83.0 Å². The zero-order valence-corrected chi connectivity index (χ0v) is 39.9. The molecular formula is C42H51N7O18P2S. The van der Waals surface area contributed by atoms with E-state index in [9.17, 15) is 28.4 Å². The minimum absolute atomic E-state index is 0.0222. The van der Waals surface area contributed by atoms with Crippen LogP contribution in [-0.2, 0) is 56.7 Å². The lowest BCUT2D eigenvalue weighted by molar-refractivity contribution is -0.0612. The number of aromatic amines is 1. The van der Waals surface area contributed by atoms with Crippen molar-refractivity contribution in [1.82, 2.24) is 29.1 Å². The lowest BCUT2D eigenvalue weighted by Crippen LogP contribution is -2.32. The summed E-state index contributed by atoms with van der Waals surface area (Å²) in [5.74, 6) is 0.369. The minimum Gasteiger partial charge on any atom is -0.491 e. The van der Waals surface area contributed by atoms with E-state index >= 15 is 0 Å². The zero-order valence-electron chi connectivity index (χ0n) is 37.3. The molecule has 3 aromatic heterocycles. The lowest BCUT2D eigenvalue weighted by atomic mass is 10.2. The van der Waals surface area contributed by atoms with E-state index in [0.29, 0.717) is 68.5 Å². The Labute approximate surface area is 402 Å². The maximum absolute atomic E-state index is 14.9. The van der Waals surface area contributed by atoms with Crippen LogP contribution in [0.25, 0.3) is 11.2 Å². The van der Waals surface area contributed by atoms with E-state index in [1.807, 2.05) is 0 Å². The highest BCUT2D eigenvalue weighted by Gasteiger charge is 2.48. The molecule has 28 heteroatoms. The second-order valence-electron chi connectivity index (χ2n) is 15.7. The zero-order chi connectivity index (χ0) is 49.1. The van der Waals surface area contributed by atoms with Crippen molar-refractivity contribution in [3.63, 3.8) is 0 Å². The number of hydrogen-bond donors (Lipinski definition) is 4. The molecule has 378 valence electrons. The number of nitrogen functional groups attached to an aromatic ring is 1. The Kier molecular flexibility index (Phi) is 17.7. The van der Waals surface area contributed by atoms with Gasteiger partial charge in [-0.15, -0.1) is 0 Å². The molecule has 3 saturated heterocycles. The number of H-pyrrole nitrogens is 1. The largest absolute Gasteiger partial charge is 0.491 e. The molecule has 70 heavy (non-hydrogen) atoms. The van der Waals surface area contributed by atoms with Gasteiger partial charge in [-0.1, -0.05) is 12.1 Å². The molecule has 2 unspecified atom stereocenters. The molecule has 0 amide bonds. The van der Waals surface area contributed by atoms with Gasteiger partial charge in [0.25, 0.3) is 5.56 Å². The van der Waals surface area contributed by atoms with Gasteiger partial charge in [-0.25, -0.2) is 33.7 Å². The number of esters is 1. The number of nitrogens with zero attached hydrogens (tertiary/aromatic N) is 5. The molecule has 0 spiro atoms. The van der Waals surface area contributed by atoms with Crippen LogP contribution in [0.3, 0.4) is 0 Å². The second-order valence-corrected chi connectivity index (χ2v) is 21.2. The highest BCUT2D eigenvalue weighted by atomic mass is 32.7. The number of ether oxygens (including phenoxy) is 7. The number of carbonyl (C=O) groups is 1. The third-order valence-electron chi connectivity index (χ3n) is 10.9. The average Bonchev–Trinajstić information content (AvgIpc) is 4.07. The molecule has 5 aromatic rings. The van der Waals surface area contributed by atoms with E-state index in [4.69, 9.17) is 62.1 Å². The van der Waals surface area contributed by atoms with Gasteiger partial charge in [-0.05, 0) is 59.8 Å². The highest BCUT2D eigenvalue weighted by Crippen LogP contribution is 2.64. The van der Waals surface area contributed by atoms with Gasteiger partial charge < -0.3 is 48.9 Å². The molecule has 3 aliphatic heterocycles. The number of phosphoric acid groups is 1. The molecule has 0 saturated carbocycles. The number of hydrogen-bond acceptors (Lipinski definition) is 22. The summed E-state index contributed by atoms with van der Waals surface area (Å²) in [4.78, 5) is 63.1. The van der Waals surface area contributed by atoms with Crippen molar-refractivity contribution in [1.29, 1.82) is 0 Å². The molecule has 0 radical (unpaired) electrons. The topological polar surface area (TPSA) is 318 Å². The van der Waals surface area contributed by atoms with Gasteiger partial charge in [0.15, 0.2) is 11.5 Å². The average molecular weight is 1040 g/mol. The molecule has 0 bridgehead atoms. The van der Waals surface area contributed by atoms with Crippen LogP contribution in [0.5, 0.6) is 11.5 Å². The molecule has 8 atom stereocenters. The number of nitrogens with one attached hydrogen (secondary N) is 1. The van der Waals surface area contributed by atoms with Gasteiger partial charge in [0, 0.05) is 44.1 Å².